The second-order valence-corrected chi connectivity index (χ2v) is 7.19. The number of nitrogens with zero attached hydrogens (tertiary/aromatic N) is 1. The topological polar surface area (TPSA) is 84.9 Å². The summed E-state index contributed by atoms with van der Waals surface area (Å²) in [4.78, 5) is 11.6. The fourth-order valence-corrected chi connectivity index (χ4v) is 3.89. The summed E-state index contributed by atoms with van der Waals surface area (Å²) >= 11 is 0. The number of carbonyl (C=O) groups excluding carboxylic acids is 1. The average molecular weight is 360 g/mol. The van der Waals surface area contributed by atoms with Crippen LogP contribution in [0.3, 0.4) is 0 Å². The molecule has 1 heterocycles. The van der Waals surface area contributed by atoms with Crippen LogP contribution in [0.1, 0.15) is 13.3 Å². The Hall–Kier alpha value is -1.55. The van der Waals surface area contributed by atoms with E-state index in [1.807, 2.05) is 0 Å². The third-order valence-electron chi connectivity index (χ3n) is 3.73. The van der Waals surface area contributed by atoms with Gasteiger partial charge in [-0.2, -0.15) is 4.31 Å². The molecular weight excluding hydrogens is 339 g/mol. The number of sulfonamides is 1. The summed E-state index contributed by atoms with van der Waals surface area (Å²) in [7, 11) is -2.58. The van der Waals surface area contributed by atoms with Crippen LogP contribution >= 0.6 is 0 Å². The maximum absolute atomic E-state index is 14.1. The number of benzene rings is 1. The number of carbonyl (C=O) groups is 1. The Morgan fingerprint density at radius 1 is 1.42 bits per heavy atom. The third kappa shape index (κ3) is 4.10. The monoisotopic (exact) mass is 360 g/mol. The van der Waals surface area contributed by atoms with Crippen LogP contribution < -0.4 is 5.32 Å². The van der Waals surface area contributed by atoms with E-state index in [0.29, 0.717) is 6.42 Å². The van der Waals surface area contributed by atoms with E-state index in [2.05, 4.69) is 5.32 Å². The Morgan fingerprint density at radius 2 is 2.08 bits per heavy atom. The first-order chi connectivity index (χ1) is 11.4. The first-order valence-corrected chi connectivity index (χ1v) is 9.05. The lowest BCUT2D eigenvalue weighted by atomic mass is 10.2. The number of hydrogen-bond donors (Lipinski definition) is 1. The van der Waals surface area contributed by atoms with Crippen molar-refractivity contribution in [2.45, 2.75) is 24.3 Å². The molecule has 1 amide bonds. The van der Waals surface area contributed by atoms with E-state index in [1.165, 1.54) is 17.5 Å². The molecule has 0 spiro atoms. The van der Waals surface area contributed by atoms with Crippen LogP contribution in [0.5, 0.6) is 0 Å². The fourth-order valence-electron chi connectivity index (χ4n) is 2.39. The van der Waals surface area contributed by atoms with Crippen LogP contribution in [-0.2, 0) is 24.3 Å². The summed E-state index contributed by atoms with van der Waals surface area (Å²) in [5, 5.41) is 2.55. The summed E-state index contributed by atoms with van der Waals surface area (Å²) in [5.41, 5.74) is 0.198. The van der Waals surface area contributed by atoms with E-state index in [9.17, 15) is 17.6 Å². The zero-order valence-corrected chi connectivity index (χ0v) is 14.4. The van der Waals surface area contributed by atoms with Crippen molar-refractivity contribution in [3.05, 3.63) is 24.0 Å². The number of amides is 1. The molecule has 7 nitrogen and oxygen atoms in total. The molecule has 1 N–H and O–H groups in total. The number of rotatable bonds is 6. The molecule has 1 aromatic rings. The van der Waals surface area contributed by atoms with E-state index in [4.69, 9.17) is 9.47 Å². The second-order valence-electron chi connectivity index (χ2n) is 5.28. The lowest BCUT2D eigenvalue weighted by Gasteiger charge is -2.26. The third-order valence-corrected chi connectivity index (χ3v) is 5.65. The number of ether oxygens (including phenoxy) is 2. The molecule has 0 aromatic heterocycles. The summed E-state index contributed by atoms with van der Waals surface area (Å²) in [6.07, 6.45) is -0.197. The molecule has 134 valence electrons. The number of nitrogens with one attached hydrogen (secondary N) is 1. The Morgan fingerprint density at radius 3 is 2.67 bits per heavy atom. The normalized spacial score (nSPS) is 17.5. The van der Waals surface area contributed by atoms with Gasteiger partial charge in [0.25, 0.3) is 5.91 Å². The highest BCUT2D eigenvalue weighted by Crippen LogP contribution is 2.24. The Balaban J connectivity index is 2.26. The van der Waals surface area contributed by atoms with Crippen molar-refractivity contribution in [2.75, 3.05) is 38.7 Å². The van der Waals surface area contributed by atoms with E-state index in [0.717, 1.165) is 12.1 Å². The van der Waals surface area contributed by atoms with Crippen molar-refractivity contribution in [3.63, 3.8) is 0 Å². The number of methoxy groups -OCH3 is 1. The van der Waals surface area contributed by atoms with Gasteiger partial charge in [0.15, 0.2) is 0 Å². The highest BCUT2D eigenvalue weighted by Gasteiger charge is 2.29. The van der Waals surface area contributed by atoms with Gasteiger partial charge < -0.3 is 14.8 Å². The van der Waals surface area contributed by atoms with Crippen LogP contribution in [0.15, 0.2) is 23.1 Å². The highest BCUT2D eigenvalue weighted by atomic mass is 32.2. The predicted molar refractivity (Wildman–Crippen MR) is 85.7 cm³/mol. The summed E-state index contributed by atoms with van der Waals surface area (Å²) in [6.45, 7) is 2.65. The van der Waals surface area contributed by atoms with Gasteiger partial charge in [-0.25, -0.2) is 12.8 Å². The smallest absolute Gasteiger partial charge is 0.253 e. The molecule has 1 aliphatic rings. The Bertz CT molecular complexity index is 685. The zero-order valence-electron chi connectivity index (χ0n) is 13.6. The first-order valence-electron chi connectivity index (χ1n) is 7.61. The van der Waals surface area contributed by atoms with Gasteiger partial charge in [0.1, 0.15) is 16.8 Å². The molecule has 1 atom stereocenters. The minimum atomic E-state index is -3.99. The van der Waals surface area contributed by atoms with Gasteiger partial charge in [0.2, 0.25) is 10.0 Å². The van der Waals surface area contributed by atoms with Crippen LogP contribution in [0.25, 0.3) is 0 Å². The van der Waals surface area contributed by atoms with Crippen molar-refractivity contribution < 1.29 is 27.1 Å². The molecule has 0 aliphatic carbocycles. The van der Waals surface area contributed by atoms with Gasteiger partial charge >= 0.3 is 0 Å². The van der Waals surface area contributed by atoms with Gasteiger partial charge in [-0.3, -0.25) is 4.79 Å². The zero-order chi connectivity index (χ0) is 17.7. The Kier molecular flexibility index (Phi) is 6.27. The van der Waals surface area contributed by atoms with Crippen LogP contribution in [0.2, 0.25) is 0 Å². The van der Waals surface area contributed by atoms with Crippen molar-refractivity contribution in [2.24, 2.45) is 0 Å². The van der Waals surface area contributed by atoms with Crippen molar-refractivity contribution in [3.8, 4) is 0 Å². The molecule has 2 rings (SSSR count). The lowest BCUT2D eigenvalue weighted by Crippen LogP contribution is -2.41. The predicted octanol–water partition coefficient (Wildman–Crippen LogP) is 1.21. The van der Waals surface area contributed by atoms with Crippen LogP contribution in [0.4, 0.5) is 10.1 Å². The summed E-state index contributed by atoms with van der Waals surface area (Å²) in [6, 6.07) is 3.46. The van der Waals surface area contributed by atoms with Crippen molar-refractivity contribution in [1.29, 1.82) is 0 Å². The van der Waals surface area contributed by atoms with Crippen molar-refractivity contribution >= 4 is 21.6 Å². The van der Waals surface area contributed by atoms with E-state index >= 15 is 0 Å². The SMILES string of the molecule is CCC(OC)C(=O)Nc1ccc(F)c(S(=O)(=O)N2CCOCC2)c1. The van der Waals surface area contributed by atoms with Crippen molar-refractivity contribution in [1.82, 2.24) is 4.31 Å². The molecule has 1 aromatic carbocycles. The van der Waals surface area contributed by atoms with Crippen LogP contribution in [-0.4, -0.2) is 58.1 Å². The molecule has 1 saturated heterocycles. The summed E-state index contributed by atoms with van der Waals surface area (Å²) < 4.78 is 50.6. The van der Waals surface area contributed by atoms with E-state index in [-0.39, 0.29) is 32.0 Å². The highest BCUT2D eigenvalue weighted by molar-refractivity contribution is 7.89. The van der Waals surface area contributed by atoms with Gasteiger partial charge in [-0.15, -0.1) is 0 Å². The van der Waals surface area contributed by atoms with Gasteiger partial charge in [0, 0.05) is 25.9 Å². The molecule has 0 radical (unpaired) electrons. The Labute approximate surface area is 140 Å². The van der Waals surface area contributed by atoms with Gasteiger partial charge in [-0.05, 0) is 24.6 Å². The number of halogens is 1. The molecule has 24 heavy (non-hydrogen) atoms. The molecular formula is C15H21FN2O5S. The molecule has 9 heteroatoms. The fraction of sp³-hybridized carbons (Fsp3) is 0.533. The van der Waals surface area contributed by atoms with E-state index < -0.39 is 32.7 Å². The summed E-state index contributed by atoms with van der Waals surface area (Å²) in [5.74, 6) is -1.28. The van der Waals surface area contributed by atoms with E-state index in [1.54, 1.807) is 6.92 Å². The standard InChI is InChI=1S/C15H21FN2O5S/c1-3-13(22-2)15(19)17-11-4-5-12(16)14(10-11)24(20,21)18-6-8-23-9-7-18/h4-5,10,13H,3,6-9H2,1-2H3,(H,17,19). The molecule has 0 saturated carbocycles. The second kappa shape index (κ2) is 8.02. The van der Waals surface area contributed by atoms with Gasteiger partial charge in [-0.1, -0.05) is 6.92 Å². The molecule has 1 fully saturated rings. The maximum Gasteiger partial charge on any atom is 0.253 e. The molecule has 1 aliphatic heterocycles. The minimum absolute atomic E-state index is 0.167. The van der Waals surface area contributed by atoms with Gasteiger partial charge in [0.05, 0.1) is 13.2 Å². The van der Waals surface area contributed by atoms with Crippen LogP contribution in [0, 0.1) is 5.82 Å². The quantitative estimate of drug-likeness (QED) is 0.824. The average Bonchev–Trinajstić information content (AvgIpc) is 2.58. The molecule has 0 bridgehead atoms. The minimum Gasteiger partial charge on any atom is -0.379 e. The number of hydrogen-bond acceptors (Lipinski definition) is 5. The number of anilines is 1. The number of morpholine rings is 1. The molecule has 1 unspecified atom stereocenters. The lowest BCUT2D eigenvalue weighted by molar-refractivity contribution is -0.125. The first kappa shape index (κ1) is 18.8. The maximum atomic E-state index is 14.1. The largest absolute Gasteiger partial charge is 0.379 e.